The minimum absolute atomic E-state index is 0.0468. The van der Waals surface area contributed by atoms with Crippen LogP contribution in [0.1, 0.15) is 16.3 Å². The van der Waals surface area contributed by atoms with Gasteiger partial charge in [-0.2, -0.15) is 4.98 Å². The molecule has 0 spiro atoms. The fraction of sp³-hybridized carbons (Fsp3) is 0.438. The Morgan fingerprint density at radius 2 is 1.91 bits per heavy atom. The molecule has 1 saturated heterocycles. The second-order valence-electron chi connectivity index (χ2n) is 5.80. The van der Waals surface area contributed by atoms with E-state index in [-0.39, 0.29) is 5.91 Å². The number of anilines is 2. The monoisotopic (exact) mass is 315 g/mol. The number of rotatable bonds is 3. The molecule has 1 aliphatic rings. The first-order valence-electron chi connectivity index (χ1n) is 7.65. The minimum atomic E-state index is -0.0468. The molecule has 3 heterocycles. The molecule has 0 bridgehead atoms. The third kappa shape index (κ3) is 3.28. The maximum atomic E-state index is 12.4. The molecule has 1 aliphatic heterocycles. The van der Waals surface area contributed by atoms with Crippen LogP contribution in [0.5, 0.6) is 0 Å². The molecule has 0 unspecified atom stereocenters. The van der Waals surface area contributed by atoms with E-state index in [1.54, 1.807) is 12.3 Å². The Kier molecular flexibility index (Phi) is 4.18. The lowest BCUT2D eigenvalue weighted by molar-refractivity contribution is 0.0713. The average molecular weight is 315 g/mol. The van der Waals surface area contributed by atoms with E-state index in [0.717, 1.165) is 24.7 Å². The molecule has 23 heavy (non-hydrogen) atoms. The van der Waals surface area contributed by atoms with Crippen molar-refractivity contribution in [1.29, 1.82) is 0 Å². The van der Waals surface area contributed by atoms with Crippen molar-refractivity contribution < 1.29 is 9.21 Å². The Morgan fingerprint density at radius 3 is 2.52 bits per heavy atom. The average Bonchev–Trinajstić information content (AvgIpc) is 3.01. The smallest absolute Gasteiger partial charge is 0.289 e. The van der Waals surface area contributed by atoms with Crippen molar-refractivity contribution in [3.05, 3.63) is 35.9 Å². The van der Waals surface area contributed by atoms with Gasteiger partial charge in [-0.25, -0.2) is 4.98 Å². The number of amides is 1. The highest BCUT2D eigenvalue weighted by Gasteiger charge is 2.24. The van der Waals surface area contributed by atoms with Gasteiger partial charge in [-0.1, -0.05) is 0 Å². The SMILES string of the molecule is Cc1ccc(C(=O)N2CCN(c3ccnc(N(C)C)n3)CC2)o1. The Hall–Kier alpha value is -2.57. The van der Waals surface area contributed by atoms with Gasteiger partial charge in [-0.05, 0) is 25.1 Å². The van der Waals surface area contributed by atoms with Gasteiger partial charge in [0.2, 0.25) is 5.95 Å². The molecule has 0 radical (unpaired) electrons. The summed E-state index contributed by atoms with van der Waals surface area (Å²) in [5, 5.41) is 0. The summed E-state index contributed by atoms with van der Waals surface area (Å²) in [5.74, 6) is 2.70. The molecule has 0 N–H and O–H groups in total. The van der Waals surface area contributed by atoms with Gasteiger partial charge in [0.05, 0.1) is 0 Å². The van der Waals surface area contributed by atoms with E-state index in [0.29, 0.717) is 24.8 Å². The van der Waals surface area contributed by atoms with Crippen LogP contribution in [0.2, 0.25) is 0 Å². The number of furan rings is 1. The van der Waals surface area contributed by atoms with E-state index < -0.39 is 0 Å². The van der Waals surface area contributed by atoms with Crippen LogP contribution >= 0.6 is 0 Å². The van der Waals surface area contributed by atoms with Crippen molar-refractivity contribution >= 4 is 17.7 Å². The zero-order valence-corrected chi connectivity index (χ0v) is 13.7. The minimum Gasteiger partial charge on any atom is -0.456 e. The largest absolute Gasteiger partial charge is 0.456 e. The van der Waals surface area contributed by atoms with E-state index in [2.05, 4.69) is 14.9 Å². The maximum Gasteiger partial charge on any atom is 0.289 e. The molecule has 0 aliphatic carbocycles. The summed E-state index contributed by atoms with van der Waals surface area (Å²) in [7, 11) is 3.84. The number of nitrogens with zero attached hydrogens (tertiary/aromatic N) is 5. The van der Waals surface area contributed by atoms with Crippen LogP contribution in [0.25, 0.3) is 0 Å². The zero-order chi connectivity index (χ0) is 16.4. The molecule has 0 saturated carbocycles. The van der Waals surface area contributed by atoms with E-state index in [9.17, 15) is 4.79 Å². The Labute approximate surface area is 135 Å². The van der Waals surface area contributed by atoms with Crippen LogP contribution in [0.4, 0.5) is 11.8 Å². The van der Waals surface area contributed by atoms with Crippen LogP contribution in [-0.4, -0.2) is 61.0 Å². The standard InChI is InChI=1S/C16H21N5O2/c1-12-4-5-13(23-12)15(22)21-10-8-20(9-11-21)14-6-7-17-16(18-14)19(2)3/h4-7H,8-11H2,1-3H3. The van der Waals surface area contributed by atoms with Crippen molar-refractivity contribution in [2.75, 3.05) is 50.1 Å². The highest BCUT2D eigenvalue weighted by Crippen LogP contribution is 2.17. The van der Waals surface area contributed by atoms with Crippen LogP contribution in [0.15, 0.2) is 28.8 Å². The predicted octanol–water partition coefficient (Wildman–Crippen LogP) is 1.41. The van der Waals surface area contributed by atoms with E-state index in [1.807, 2.05) is 43.0 Å². The molecule has 2 aromatic heterocycles. The Morgan fingerprint density at radius 1 is 1.17 bits per heavy atom. The van der Waals surface area contributed by atoms with Crippen molar-refractivity contribution in [3.63, 3.8) is 0 Å². The van der Waals surface area contributed by atoms with Gasteiger partial charge in [0, 0.05) is 46.5 Å². The van der Waals surface area contributed by atoms with E-state index in [1.165, 1.54) is 0 Å². The van der Waals surface area contributed by atoms with Gasteiger partial charge in [0.15, 0.2) is 5.76 Å². The second-order valence-corrected chi connectivity index (χ2v) is 5.80. The molecule has 2 aromatic rings. The number of aromatic nitrogens is 2. The summed E-state index contributed by atoms with van der Waals surface area (Å²) < 4.78 is 5.42. The highest BCUT2D eigenvalue weighted by atomic mass is 16.3. The summed E-state index contributed by atoms with van der Waals surface area (Å²) in [6, 6.07) is 5.45. The van der Waals surface area contributed by atoms with Gasteiger partial charge in [0.1, 0.15) is 11.6 Å². The summed E-state index contributed by atoms with van der Waals surface area (Å²) in [6.45, 7) is 4.64. The first-order valence-corrected chi connectivity index (χ1v) is 7.65. The third-order valence-electron chi connectivity index (χ3n) is 3.87. The zero-order valence-electron chi connectivity index (χ0n) is 13.7. The second kappa shape index (κ2) is 6.28. The lowest BCUT2D eigenvalue weighted by atomic mass is 10.3. The maximum absolute atomic E-state index is 12.4. The van der Waals surface area contributed by atoms with E-state index in [4.69, 9.17) is 4.42 Å². The number of piperazine rings is 1. The number of hydrogen-bond donors (Lipinski definition) is 0. The normalized spacial score (nSPS) is 14.9. The molecule has 122 valence electrons. The van der Waals surface area contributed by atoms with Crippen LogP contribution in [-0.2, 0) is 0 Å². The number of aryl methyl sites for hydroxylation is 1. The third-order valence-corrected chi connectivity index (χ3v) is 3.87. The molecular formula is C16H21N5O2. The summed E-state index contributed by atoms with van der Waals surface area (Å²) >= 11 is 0. The van der Waals surface area contributed by atoms with Crippen molar-refractivity contribution in [2.45, 2.75) is 6.92 Å². The molecule has 1 amide bonds. The van der Waals surface area contributed by atoms with Gasteiger partial charge in [-0.15, -0.1) is 0 Å². The fourth-order valence-corrected chi connectivity index (χ4v) is 2.57. The first-order chi connectivity index (χ1) is 11.0. The molecule has 1 fully saturated rings. The molecule has 7 heteroatoms. The summed E-state index contributed by atoms with van der Waals surface area (Å²) in [6.07, 6.45) is 1.76. The highest BCUT2D eigenvalue weighted by molar-refractivity contribution is 5.91. The topological polar surface area (TPSA) is 65.7 Å². The Bertz CT molecular complexity index is 689. The van der Waals surface area contributed by atoms with Gasteiger partial charge >= 0.3 is 0 Å². The Balaban J connectivity index is 1.64. The molecule has 0 aromatic carbocycles. The molecule has 3 rings (SSSR count). The van der Waals surface area contributed by atoms with Crippen molar-refractivity contribution in [2.24, 2.45) is 0 Å². The van der Waals surface area contributed by atoms with Crippen molar-refractivity contribution in [1.82, 2.24) is 14.9 Å². The molecule has 0 atom stereocenters. The molecule has 7 nitrogen and oxygen atoms in total. The van der Waals surface area contributed by atoms with Crippen LogP contribution in [0.3, 0.4) is 0 Å². The van der Waals surface area contributed by atoms with Gasteiger partial charge < -0.3 is 19.1 Å². The quantitative estimate of drug-likeness (QED) is 0.853. The first kappa shape index (κ1) is 15.3. The van der Waals surface area contributed by atoms with E-state index >= 15 is 0 Å². The van der Waals surface area contributed by atoms with Gasteiger partial charge in [-0.3, -0.25) is 4.79 Å². The lowest BCUT2D eigenvalue weighted by Crippen LogP contribution is -2.49. The number of carbonyl (C=O) groups is 1. The number of hydrogen-bond acceptors (Lipinski definition) is 6. The lowest BCUT2D eigenvalue weighted by Gasteiger charge is -2.35. The van der Waals surface area contributed by atoms with Gasteiger partial charge in [0.25, 0.3) is 5.91 Å². The van der Waals surface area contributed by atoms with Crippen molar-refractivity contribution in [3.8, 4) is 0 Å². The summed E-state index contributed by atoms with van der Waals surface area (Å²) in [5.41, 5.74) is 0. The summed E-state index contributed by atoms with van der Waals surface area (Å²) in [4.78, 5) is 27.0. The van der Waals surface area contributed by atoms with Crippen LogP contribution in [0, 0.1) is 6.92 Å². The molecular weight excluding hydrogens is 294 g/mol. The van der Waals surface area contributed by atoms with Crippen LogP contribution < -0.4 is 9.80 Å². The number of carbonyl (C=O) groups excluding carboxylic acids is 1. The predicted molar refractivity (Wildman–Crippen MR) is 87.9 cm³/mol. The fourth-order valence-electron chi connectivity index (χ4n) is 2.57.